The maximum atomic E-state index is 4.58. The molecule has 1 nitrogen and oxygen atoms in total. The van der Waals surface area contributed by atoms with Crippen LogP contribution < -0.4 is 0 Å². The summed E-state index contributed by atoms with van der Waals surface area (Å²) in [5.41, 5.74) is 0. The molecule has 0 aromatic carbocycles. The molecule has 0 amide bonds. The van der Waals surface area contributed by atoms with E-state index in [9.17, 15) is 0 Å². The van der Waals surface area contributed by atoms with Crippen LogP contribution in [0.15, 0.2) is 29.1 Å². The van der Waals surface area contributed by atoms with Crippen LogP contribution in [-0.4, -0.2) is 17.1 Å². The number of hydrogen-bond donors (Lipinski definition) is 0. The first kappa shape index (κ1) is 5.80. The van der Waals surface area contributed by atoms with Gasteiger partial charge in [-0.1, -0.05) is 0 Å². The Morgan fingerprint density at radius 2 is 1.50 bits per heavy atom. The van der Waals surface area contributed by atoms with Crippen LogP contribution >= 0.6 is 0 Å². The Balaban J connectivity index is 0.000000250. The summed E-state index contributed by atoms with van der Waals surface area (Å²) in [6, 6.07) is 3.67. The molecular weight excluding hydrogens is 143 g/mol. The van der Waals surface area contributed by atoms with Gasteiger partial charge in [0.25, 0.3) is 0 Å². The molecular formula is C4H6OSe. The van der Waals surface area contributed by atoms with Crippen LogP contribution in [0.2, 0.25) is 0 Å². The Kier molecular flexibility index (Phi) is 2.91. The first-order valence-electron chi connectivity index (χ1n) is 1.47. The monoisotopic (exact) mass is 150 g/mol. The molecule has 1 aromatic rings. The molecule has 1 aromatic heterocycles. The fourth-order valence-electron chi connectivity index (χ4n) is 0.227. The van der Waals surface area contributed by atoms with E-state index < -0.39 is 0 Å². The van der Waals surface area contributed by atoms with Gasteiger partial charge < -0.3 is 4.42 Å². The van der Waals surface area contributed by atoms with E-state index in [0.717, 1.165) is 0 Å². The molecule has 0 saturated heterocycles. The van der Waals surface area contributed by atoms with E-state index in [1.807, 2.05) is 12.1 Å². The first-order chi connectivity index (χ1) is 2.50. The van der Waals surface area contributed by atoms with Crippen LogP contribution in [-0.2, 0) is 0 Å². The maximum absolute atomic E-state index is 4.58. The van der Waals surface area contributed by atoms with Crippen LogP contribution in [0, 0.1) is 0 Å². The molecule has 1 rings (SSSR count). The van der Waals surface area contributed by atoms with Crippen LogP contribution in [0.4, 0.5) is 0 Å². The molecule has 1 heterocycles. The number of rotatable bonds is 0. The van der Waals surface area contributed by atoms with Gasteiger partial charge in [-0.05, 0) is 12.1 Å². The van der Waals surface area contributed by atoms with Gasteiger partial charge in [0, 0.05) is 0 Å². The topological polar surface area (TPSA) is 13.1 Å². The summed E-state index contributed by atoms with van der Waals surface area (Å²) in [7, 11) is 0. The van der Waals surface area contributed by atoms with Crippen molar-refractivity contribution in [3.63, 3.8) is 0 Å². The van der Waals surface area contributed by atoms with Gasteiger partial charge in [-0.15, -0.1) is 0 Å². The van der Waals surface area contributed by atoms with E-state index in [1.165, 1.54) is 0 Å². The van der Waals surface area contributed by atoms with Gasteiger partial charge >= 0.3 is 17.1 Å². The Morgan fingerprint density at radius 1 is 1.00 bits per heavy atom. The van der Waals surface area contributed by atoms with Gasteiger partial charge in [0.1, 0.15) is 0 Å². The minimum atomic E-state index is 0. The fourth-order valence-corrected chi connectivity index (χ4v) is 0.227. The maximum Gasteiger partial charge on any atom is 0.0902 e. The summed E-state index contributed by atoms with van der Waals surface area (Å²) >= 11 is 0. The Labute approximate surface area is 46.8 Å². The average molecular weight is 149 g/mol. The van der Waals surface area contributed by atoms with Crippen LogP contribution in [0.25, 0.3) is 0 Å². The van der Waals surface area contributed by atoms with Crippen molar-refractivity contribution in [2.45, 2.75) is 0 Å². The van der Waals surface area contributed by atoms with E-state index in [2.05, 4.69) is 4.42 Å². The Morgan fingerprint density at radius 3 is 1.67 bits per heavy atom. The summed E-state index contributed by atoms with van der Waals surface area (Å²) < 4.78 is 4.58. The second-order valence-corrected chi connectivity index (χ2v) is 0.793. The first-order valence-corrected chi connectivity index (χ1v) is 1.47. The zero-order valence-corrected chi connectivity index (χ0v) is 5.32. The largest absolute Gasteiger partial charge is 0.473 e. The van der Waals surface area contributed by atoms with E-state index in [4.69, 9.17) is 0 Å². The summed E-state index contributed by atoms with van der Waals surface area (Å²) in [5, 5.41) is 0. The standard InChI is InChI=1S/C4H4O.H2Se/c1-2-4-5-3-1;/h1-4H;1H2. The zero-order valence-electron chi connectivity index (χ0n) is 3.22. The third-order valence-electron chi connectivity index (χ3n) is 0.425. The molecule has 0 radical (unpaired) electrons. The van der Waals surface area contributed by atoms with Gasteiger partial charge in [0.15, 0.2) is 0 Å². The minimum Gasteiger partial charge on any atom is -0.473 e. The smallest absolute Gasteiger partial charge is 0.0902 e. The van der Waals surface area contributed by atoms with Crippen LogP contribution in [0.3, 0.4) is 0 Å². The van der Waals surface area contributed by atoms with Gasteiger partial charge in [-0.3, -0.25) is 0 Å². The summed E-state index contributed by atoms with van der Waals surface area (Å²) in [4.78, 5) is 0. The summed E-state index contributed by atoms with van der Waals surface area (Å²) in [6.07, 6.45) is 3.25. The molecule has 0 spiro atoms. The van der Waals surface area contributed by atoms with Gasteiger partial charge in [-0.25, -0.2) is 0 Å². The van der Waals surface area contributed by atoms with E-state index in [1.54, 1.807) is 12.5 Å². The number of hydrogen-bond acceptors (Lipinski definition) is 1. The SMILES string of the molecule is [SeH2].c1ccoc1. The minimum absolute atomic E-state index is 0. The van der Waals surface area contributed by atoms with E-state index >= 15 is 0 Å². The fraction of sp³-hybridized carbons (Fsp3) is 0. The molecule has 0 fully saturated rings. The average Bonchev–Trinajstić information content (AvgIpc) is 1.76. The van der Waals surface area contributed by atoms with Crippen LogP contribution in [0.1, 0.15) is 0 Å². The van der Waals surface area contributed by atoms with Gasteiger partial charge in [0.05, 0.1) is 12.5 Å². The van der Waals surface area contributed by atoms with Crippen molar-refractivity contribution >= 4 is 17.1 Å². The second kappa shape index (κ2) is 3.01. The van der Waals surface area contributed by atoms with Gasteiger partial charge in [0.2, 0.25) is 0 Å². The van der Waals surface area contributed by atoms with Crippen LogP contribution in [0.5, 0.6) is 0 Å². The van der Waals surface area contributed by atoms with Crippen molar-refractivity contribution in [1.82, 2.24) is 0 Å². The third-order valence-corrected chi connectivity index (χ3v) is 0.425. The molecule has 0 aliphatic carbocycles. The molecule has 34 valence electrons. The van der Waals surface area contributed by atoms with E-state index in [0.29, 0.717) is 0 Å². The molecule has 0 saturated carbocycles. The predicted molar refractivity (Wildman–Crippen MR) is 27.3 cm³/mol. The summed E-state index contributed by atoms with van der Waals surface area (Å²) in [5.74, 6) is 0. The molecule has 0 N–H and O–H groups in total. The summed E-state index contributed by atoms with van der Waals surface area (Å²) in [6.45, 7) is 0. The molecule has 6 heavy (non-hydrogen) atoms. The predicted octanol–water partition coefficient (Wildman–Crippen LogP) is 0.363. The zero-order chi connectivity index (χ0) is 3.54. The molecule has 0 unspecified atom stereocenters. The van der Waals surface area contributed by atoms with Crippen molar-refractivity contribution in [2.24, 2.45) is 0 Å². The molecule has 0 aliphatic heterocycles. The quantitative estimate of drug-likeness (QED) is 0.485. The van der Waals surface area contributed by atoms with Crippen molar-refractivity contribution in [3.05, 3.63) is 24.7 Å². The van der Waals surface area contributed by atoms with Crippen molar-refractivity contribution < 1.29 is 4.42 Å². The molecule has 0 atom stereocenters. The third kappa shape index (κ3) is 1.29. The van der Waals surface area contributed by atoms with Crippen molar-refractivity contribution in [2.75, 3.05) is 0 Å². The van der Waals surface area contributed by atoms with Gasteiger partial charge in [-0.2, -0.15) is 0 Å². The second-order valence-electron chi connectivity index (χ2n) is 0.793. The number of furan rings is 1. The normalized spacial score (nSPS) is 6.67. The van der Waals surface area contributed by atoms with Crippen molar-refractivity contribution in [3.8, 4) is 0 Å². The Bertz CT molecular complexity index is 64.0. The molecule has 0 aliphatic rings. The molecule has 2 heteroatoms. The van der Waals surface area contributed by atoms with E-state index in [-0.39, 0.29) is 17.1 Å². The van der Waals surface area contributed by atoms with Crippen molar-refractivity contribution in [1.29, 1.82) is 0 Å². The Hall–Kier alpha value is -0.201. The molecule has 0 bridgehead atoms.